The quantitative estimate of drug-likeness (QED) is 0.429. The molecule has 4 fully saturated rings. The lowest BCUT2D eigenvalue weighted by molar-refractivity contribution is -0.0955. The van der Waals surface area contributed by atoms with E-state index in [-0.39, 0.29) is 24.0 Å². The number of rotatable bonds is 3. The highest BCUT2D eigenvalue weighted by molar-refractivity contribution is 5.25. The van der Waals surface area contributed by atoms with Crippen LogP contribution in [0.25, 0.3) is 0 Å². The van der Waals surface area contributed by atoms with Gasteiger partial charge in [0.15, 0.2) is 0 Å². The lowest BCUT2D eigenvalue weighted by atomic mass is 9.63. The molecule has 5 heteroatoms. The van der Waals surface area contributed by atoms with Crippen LogP contribution in [0.4, 0.5) is 13.2 Å². The van der Waals surface area contributed by atoms with Gasteiger partial charge in [0, 0.05) is 11.6 Å². The summed E-state index contributed by atoms with van der Waals surface area (Å²) in [5, 5.41) is 3.74. The lowest BCUT2D eigenvalue weighted by Crippen LogP contribution is -2.37. The maximum absolute atomic E-state index is 13.1. The first-order valence-corrected chi connectivity index (χ1v) is 14.3. The molecule has 6 rings (SSSR count). The molecule has 2 heterocycles. The Morgan fingerprint density at radius 3 is 2.32 bits per heavy atom. The monoisotopic (exact) mass is 477 g/mol. The Balaban J connectivity index is 1.07. The number of allylic oxidation sites excluding steroid dienone is 3. The van der Waals surface area contributed by atoms with Crippen LogP contribution in [0.1, 0.15) is 89.9 Å². The maximum atomic E-state index is 13.1. The van der Waals surface area contributed by atoms with E-state index in [9.17, 15) is 13.2 Å². The van der Waals surface area contributed by atoms with Crippen LogP contribution in [-0.2, 0) is 4.74 Å². The molecule has 7 atom stereocenters. The zero-order valence-electron chi connectivity index (χ0n) is 20.5. The van der Waals surface area contributed by atoms with Gasteiger partial charge >= 0.3 is 6.18 Å². The molecule has 6 aliphatic rings. The summed E-state index contributed by atoms with van der Waals surface area (Å²) in [5.74, 6) is 4.19. The Morgan fingerprint density at radius 1 is 0.824 bits per heavy atom. The molecule has 7 unspecified atom stereocenters. The van der Waals surface area contributed by atoms with E-state index in [1.807, 2.05) is 0 Å². The van der Waals surface area contributed by atoms with Crippen molar-refractivity contribution in [3.63, 3.8) is 0 Å². The summed E-state index contributed by atoms with van der Waals surface area (Å²) in [7, 11) is 0. The van der Waals surface area contributed by atoms with E-state index < -0.39 is 6.18 Å². The van der Waals surface area contributed by atoms with Crippen molar-refractivity contribution in [2.24, 2.45) is 35.5 Å². The number of hydrogen-bond donors (Lipinski definition) is 1. The van der Waals surface area contributed by atoms with Crippen molar-refractivity contribution in [2.75, 3.05) is 6.54 Å². The van der Waals surface area contributed by atoms with Crippen molar-refractivity contribution in [3.8, 4) is 0 Å². The van der Waals surface area contributed by atoms with Crippen molar-refractivity contribution in [1.29, 1.82) is 0 Å². The standard InChI is InChI=1S/C29H42F3NO/c30-29(31,32)22-13-10-19(11-14-22)23-3-1-4-24-25-17-21(12-15-27(25)34-28(23)24)18-6-8-20(9-7-18)26-5-2-16-33-26/h3,13,18-21,24-28,33H,1-2,4-12,14-17H2. The van der Waals surface area contributed by atoms with Crippen molar-refractivity contribution in [1.82, 2.24) is 5.32 Å². The van der Waals surface area contributed by atoms with Crippen molar-refractivity contribution < 1.29 is 17.9 Å². The molecule has 0 spiro atoms. The van der Waals surface area contributed by atoms with E-state index in [2.05, 4.69) is 11.4 Å². The molecule has 2 aliphatic heterocycles. The molecule has 0 aromatic carbocycles. The summed E-state index contributed by atoms with van der Waals surface area (Å²) < 4.78 is 46.0. The number of hydrogen-bond acceptors (Lipinski definition) is 2. The molecule has 2 nitrogen and oxygen atoms in total. The minimum absolute atomic E-state index is 0.164. The van der Waals surface area contributed by atoms with Crippen LogP contribution in [0.5, 0.6) is 0 Å². The summed E-state index contributed by atoms with van der Waals surface area (Å²) in [5.41, 5.74) is 1.03. The van der Waals surface area contributed by atoms with Gasteiger partial charge in [-0.3, -0.25) is 0 Å². The van der Waals surface area contributed by atoms with Crippen LogP contribution in [-0.4, -0.2) is 31.0 Å². The summed E-state index contributed by atoms with van der Waals surface area (Å²) in [6.45, 7) is 1.22. The van der Waals surface area contributed by atoms with E-state index in [4.69, 9.17) is 4.74 Å². The number of ether oxygens (including phenoxy) is 1. The molecule has 1 N–H and O–H groups in total. The Labute approximate surface area is 203 Å². The third-order valence-corrected chi connectivity index (χ3v) is 10.7. The van der Waals surface area contributed by atoms with Crippen molar-refractivity contribution in [2.45, 2.75) is 114 Å². The van der Waals surface area contributed by atoms with Gasteiger partial charge in [-0.1, -0.05) is 12.2 Å². The fraction of sp³-hybridized carbons (Fsp3) is 0.862. The fourth-order valence-corrected chi connectivity index (χ4v) is 8.95. The predicted molar refractivity (Wildman–Crippen MR) is 128 cm³/mol. The van der Waals surface area contributed by atoms with Gasteiger partial charge in [0.1, 0.15) is 0 Å². The molecular weight excluding hydrogens is 435 g/mol. The minimum Gasteiger partial charge on any atom is -0.370 e. The van der Waals surface area contributed by atoms with Crippen LogP contribution in [0.2, 0.25) is 0 Å². The van der Waals surface area contributed by atoms with Crippen LogP contribution in [0.3, 0.4) is 0 Å². The average molecular weight is 478 g/mol. The largest absolute Gasteiger partial charge is 0.412 e. The maximum Gasteiger partial charge on any atom is 0.412 e. The number of halogens is 3. The second kappa shape index (κ2) is 9.57. The summed E-state index contributed by atoms with van der Waals surface area (Å²) in [6, 6.07) is 0.787. The van der Waals surface area contributed by atoms with Gasteiger partial charge in [-0.2, -0.15) is 13.2 Å². The van der Waals surface area contributed by atoms with E-state index >= 15 is 0 Å². The summed E-state index contributed by atoms with van der Waals surface area (Å²) in [6.07, 6.45) is 16.1. The summed E-state index contributed by atoms with van der Waals surface area (Å²) >= 11 is 0. The van der Waals surface area contributed by atoms with Gasteiger partial charge in [-0.25, -0.2) is 0 Å². The molecule has 2 saturated carbocycles. The van der Waals surface area contributed by atoms with Gasteiger partial charge in [0.25, 0.3) is 0 Å². The number of alkyl halides is 3. The molecular formula is C29H42F3NO. The van der Waals surface area contributed by atoms with E-state index in [1.54, 1.807) is 0 Å². The molecule has 190 valence electrons. The lowest BCUT2D eigenvalue weighted by Gasteiger charge is -2.41. The van der Waals surface area contributed by atoms with Crippen LogP contribution >= 0.6 is 0 Å². The second-order valence-electron chi connectivity index (χ2n) is 12.4. The minimum atomic E-state index is -4.16. The highest BCUT2D eigenvalue weighted by Crippen LogP contribution is 2.54. The van der Waals surface area contributed by atoms with E-state index in [0.29, 0.717) is 30.8 Å². The van der Waals surface area contributed by atoms with Gasteiger partial charge < -0.3 is 10.1 Å². The first kappa shape index (κ1) is 23.6. The first-order valence-electron chi connectivity index (χ1n) is 14.3. The normalized spacial score (nSPS) is 45.3. The molecule has 4 aliphatic carbocycles. The fourth-order valence-electron chi connectivity index (χ4n) is 8.95. The van der Waals surface area contributed by atoms with Crippen LogP contribution < -0.4 is 5.32 Å². The Hall–Kier alpha value is -0.810. The van der Waals surface area contributed by atoms with Gasteiger partial charge in [0.2, 0.25) is 0 Å². The Kier molecular flexibility index (Phi) is 6.64. The van der Waals surface area contributed by atoms with Gasteiger partial charge in [-0.05, 0) is 138 Å². The molecule has 0 amide bonds. The molecule has 2 saturated heterocycles. The SMILES string of the molecule is FC(F)(F)C1=CCC(C2=CCCC3C2OC2CCC(C4CCC(C5CCCN5)CC4)CC23)CC1. The molecule has 0 radical (unpaired) electrons. The first-order chi connectivity index (χ1) is 16.5. The molecule has 0 aromatic rings. The third kappa shape index (κ3) is 4.53. The zero-order valence-corrected chi connectivity index (χ0v) is 20.5. The van der Waals surface area contributed by atoms with Gasteiger partial charge in [-0.15, -0.1) is 0 Å². The summed E-state index contributed by atoms with van der Waals surface area (Å²) in [4.78, 5) is 0. The predicted octanol–water partition coefficient (Wildman–Crippen LogP) is 7.35. The van der Waals surface area contributed by atoms with Crippen LogP contribution in [0, 0.1) is 35.5 Å². The topological polar surface area (TPSA) is 21.3 Å². The number of nitrogens with one attached hydrogen (secondary N) is 1. The van der Waals surface area contributed by atoms with E-state index in [1.165, 1.54) is 82.4 Å². The van der Waals surface area contributed by atoms with Crippen molar-refractivity contribution in [3.05, 3.63) is 23.3 Å². The average Bonchev–Trinajstić information content (AvgIpc) is 3.51. The Morgan fingerprint density at radius 2 is 1.62 bits per heavy atom. The Bertz CT molecular complexity index is 790. The van der Waals surface area contributed by atoms with E-state index in [0.717, 1.165) is 30.2 Å². The molecule has 0 aromatic heterocycles. The zero-order chi connectivity index (χ0) is 23.3. The van der Waals surface area contributed by atoms with Gasteiger partial charge in [0.05, 0.1) is 12.2 Å². The molecule has 0 bridgehead atoms. The number of fused-ring (bicyclic) bond motifs is 3. The van der Waals surface area contributed by atoms with Crippen LogP contribution in [0.15, 0.2) is 23.3 Å². The third-order valence-electron chi connectivity index (χ3n) is 10.7. The highest BCUT2D eigenvalue weighted by atomic mass is 19.4. The van der Waals surface area contributed by atoms with Crippen molar-refractivity contribution >= 4 is 0 Å². The molecule has 34 heavy (non-hydrogen) atoms. The smallest absolute Gasteiger partial charge is 0.370 e. The second-order valence-corrected chi connectivity index (χ2v) is 12.4. The highest BCUT2D eigenvalue weighted by Gasteiger charge is 2.51.